The zero-order valence-electron chi connectivity index (χ0n) is 12.3. The summed E-state index contributed by atoms with van der Waals surface area (Å²) >= 11 is 0. The lowest BCUT2D eigenvalue weighted by Crippen LogP contribution is -2.07. The number of nitrogens with zero attached hydrogens (tertiary/aromatic N) is 2. The van der Waals surface area contributed by atoms with Gasteiger partial charge < -0.3 is 14.7 Å². The first kappa shape index (κ1) is 14.0. The smallest absolute Gasteiger partial charge is 0.252 e. The predicted octanol–water partition coefficient (Wildman–Crippen LogP) is 2.67. The molecule has 0 aliphatic heterocycles. The van der Waals surface area contributed by atoms with Gasteiger partial charge in [-0.05, 0) is 24.1 Å². The van der Waals surface area contributed by atoms with Crippen LogP contribution in [0.2, 0.25) is 0 Å². The van der Waals surface area contributed by atoms with Gasteiger partial charge in [-0.25, -0.2) is 0 Å². The average molecular weight is 293 g/mol. The van der Waals surface area contributed by atoms with Gasteiger partial charge in [0.25, 0.3) is 5.56 Å². The van der Waals surface area contributed by atoms with E-state index in [1.54, 1.807) is 6.20 Å². The molecule has 0 bridgehead atoms. The zero-order chi connectivity index (χ0) is 15.9. The number of pyridine rings is 1. The number of fused-ring (bicyclic) bond motifs is 1. The topological polar surface area (TPSA) is 81.8 Å². The number of benzene rings is 1. The Balaban J connectivity index is 2.32. The second-order valence-electron chi connectivity index (χ2n) is 5.22. The largest absolute Gasteiger partial charge is 0.507 e. The highest BCUT2D eigenvalue weighted by Gasteiger charge is 2.13. The average Bonchev–Trinajstić information content (AvgIpc) is 2.82. The molecular weight excluding hydrogens is 278 g/mol. The van der Waals surface area contributed by atoms with Gasteiger partial charge in [-0.3, -0.25) is 4.79 Å². The lowest BCUT2D eigenvalue weighted by molar-refractivity contribution is 0.467. The second-order valence-corrected chi connectivity index (χ2v) is 5.22. The maximum absolute atomic E-state index is 11.7. The van der Waals surface area contributed by atoms with E-state index in [1.807, 2.05) is 36.7 Å². The molecule has 0 aliphatic carbocycles. The number of hydrogen-bond donors (Lipinski definition) is 2. The van der Waals surface area contributed by atoms with Crippen molar-refractivity contribution in [3.05, 3.63) is 51.9 Å². The van der Waals surface area contributed by atoms with Crippen LogP contribution in [0, 0.1) is 11.3 Å². The van der Waals surface area contributed by atoms with E-state index >= 15 is 0 Å². The molecule has 2 aromatic heterocycles. The number of nitriles is 1. The third-order valence-corrected chi connectivity index (χ3v) is 3.88. The second kappa shape index (κ2) is 5.08. The number of aryl methyl sites for hydroxylation is 1. The molecule has 5 nitrogen and oxygen atoms in total. The molecule has 0 aliphatic rings. The Labute approximate surface area is 127 Å². The number of hydrogen-bond acceptors (Lipinski definition) is 3. The van der Waals surface area contributed by atoms with E-state index in [-0.39, 0.29) is 11.3 Å². The van der Waals surface area contributed by atoms with Gasteiger partial charge in [0, 0.05) is 35.8 Å². The summed E-state index contributed by atoms with van der Waals surface area (Å²) in [6.45, 7) is 1.92. The Hall–Kier alpha value is -3.00. The Morgan fingerprint density at radius 2 is 2.14 bits per heavy atom. The number of H-pyrrole nitrogens is 1. The van der Waals surface area contributed by atoms with E-state index < -0.39 is 0 Å². The van der Waals surface area contributed by atoms with Crippen molar-refractivity contribution in [2.75, 3.05) is 0 Å². The van der Waals surface area contributed by atoms with Gasteiger partial charge >= 0.3 is 0 Å². The van der Waals surface area contributed by atoms with Gasteiger partial charge in [-0.2, -0.15) is 5.26 Å². The van der Waals surface area contributed by atoms with Crippen molar-refractivity contribution in [1.29, 1.82) is 5.26 Å². The van der Waals surface area contributed by atoms with Crippen LogP contribution in [0.3, 0.4) is 0 Å². The van der Waals surface area contributed by atoms with Gasteiger partial charge in [-0.15, -0.1) is 0 Å². The number of aromatic nitrogens is 2. The van der Waals surface area contributed by atoms with E-state index in [2.05, 4.69) is 11.1 Å². The molecule has 3 rings (SSSR count). The van der Waals surface area contributed by atoms with Crippen molar-refractivity contribution < 1.29 is 5.11 Å². The monoisotopic (exact) mass is 293 g/mol. The molecule has 2 N–H and O–H groups in total. The minimum Gasteiger partial charge on any atom is -0.507 e. The molecule has 5 heteroatoms. The first-order valence-electron chi connectivity index (χ1n) is 7.00. The van der Waals surface area contributed by atoms with Crippen LogP contribution in [0.5, 0.6) is 5.75 Å². The van der Waals surface area contributed by atoms with Crippen molar-refractivity contribution in [2.24, 2.45) is 7.05 Å². The molecule has 2 heterocycles. The number of aromatic hydroxyl groups is 1. The van der Waals surface area contributed by atoms with Crippen LogP contribution in [0.4, 0.5) is 0 Å². The lowest BCUT2D eigenvalue weighted by Gasteiger charge is -2.10. The fourth-order valence-corrected chi connectivity index (χ4v) is 2.82. The van der Waals surface area contributed by atoms with Crippen LogP contribution in [0.15, 0.2) is 35.3 Å². The maximum atomic E-state index is 11.7. The summed E-state index contributed by atoms with van der Waals surface area (Å²) in [5.74, 6) is -0.00471. The Morgan fingerprint density at radius 1 is 1.36 bits per heavy atom. The van der Waals surface area contributed by atoms with Gasteiger partial charge in [0.05, 0.1) is 11.3 Å². The van der Waals surface area contributed by atoms with Gasteiger partial charge in [0.2, 0.25) is 0 Å². The molecule has 0 saturated carbocycles. The van der Waals surface area contributed by atoms with E-state index in [0.29, 0.717) is 23.2 Å². The van der Waals surface area contributed by atoms with Crippen molar-refractivity contribution in [3.8, 4) is 23.1 Å². The highest BCUT2D eigenvalue weighted by Crippen LogP contribution is 2.30. The summed E-state index contributed by atoms with van der Waals surface area (Å²) in [5.41, 5.74) is 3.25. The molecule has 110 valence electrons. The highest BCUT2D eigenvalue weighted by molar-refractivity contribution is 5.90. The number of aromatic amines is 1. The minimum atomic E-state index is -0.349. The third kappa shape index (κ3) is 2.06. The molecule has 3 aromatic rings. The molecule has 0 atom stereocenters. The number of nitrogens with one attached hydrogen (secondary N) is 1. The third-order valence-electron chi connectivity index (χ3n) is 3.88. The summed E-state index contributed by atoms with van der Waals surface area (Å²) in [7, 11) is 1.89. The van der Waals surface area contributed by atoms with Crippen molar-refractivity contribution in [2.45, 2.75) is 13.3 Å². The lowest BCUT2D eigenvalue weighted by atomic mass is 10.0. The maximum Gasteiger partial charge on any atom is 0.252 e. The molecule has 0 saturated heterocycles. The van der Waals surface area contributed by atoms with Crippen molar-refractivity contribution in [3.63, 3.8) is 0 Å². The van der Waals surface area contributed by atoms with Gasteiger partial charge in [0.1, 0.15) is 11.8 Å². The molecule has 0 fully saturated rings. The van der Waals surface area contributed by atoms with E-state index in [4.69, 9.17) is 0 Å². The molecule has 0 spiro atoms. The Kier molecular flexibility index (Phi) is 3.22. The zero-order valence-corrected chi connectivity index (χ0v) is 12.3. The summed E-state index contributed by atoms with van der Waals surface area (Å²) in [5, 5.41) is 20.0. The first-order chi connectivity index (χ1) is 10.5. The standard InChI is InChI=1S/C17H15N3O2/c1-3-12-15(21)7-16(22)19-17(12)10-4-5-14-13(6-10)11(8-18)9-20(14)2/h4-7,9H,3H2,1-2H3,(H2,19,21,22). The highest BCUT2D eigenvalue weighted by atomic mass is 16.3. The van der Waals surface area contributed by atoms with Crippen LogP contribution < -0.4 is 5.56 Å². The number of rotatable bonds is 2. The fourth-order valence-electron chi connectivity index (χ4n) is 2.82. The van der Waals surface area contributed by atoms with Gasteiger partial charge in [-0.1, -0.05) is 13.0 Å². The molecule has 0 unspecified atom stereocenters. The van der Waals surface area contributed by atoms with E-state index in [9.17, 15) is 15.2 Å². The summed E-state index contributed by atoms with van der Waals surface area (Å²) in [6.07, 6.45) is 2.37. The molecule has 22 heavy (non-hydrogen) atoms. The van der Waals surface area contributed by atoms with Crippen LogP contribution in [0.1, 0.15) is 18.1 Å². The van der Waals surface area contributed by atoms with Crippen LogP contribution in [-0.2, 0) is 13.5 Å². The van der Waals surface area contributed by atoms with Crippen molar-refractivity contribution in [1.82, 2.24) is 9.55 Å². The van der Waals surface area contributed by atoms with E-state index in [1.165, 1.54) is 6.07 Å². The Bertz CT molecular complexity index is 974. The quantitative estimate of drug-likeness (QED) is 0.762. The molecule has 1 aromatic carbocycles. The molecular formula is C17H15N3O2. The van der Waals surface area contributed by atoms with Crippen molar-refractivity contribution >= 4 is 10.9 Å². The Morgan fingerprint density at radius 3 is 2.82 bits per heavy atom. The first-order valence-corrected chi connectivity index (χ1v) is 7.00. The van der Waals surface area contributed by atoms with Gasteiger partial charge in [0.15, 0.2) is 0 Å². The molecule has 0 radical (unpaired) electrons. The summed E-state index contributed by atoms with van der Waals surface area (Å²) in [4.78, 5) is 14.5. The molecule has 0 amide bonds. The van der Waals surface area contributed by atoms with Crippen LogP contribution >= 0.6 is 0 Å². The SMILES string of the molecule is CCc1c(O)cc(=O)[nH]c1-c1ccc2c(c1)c(C#N)cn2C. The predicted molar refractivity (Wildman–Crippen MR) is 84.7 cm³/mol. The summed E-state index contributed by atoms with van der Waals surface area (Å²) < 4.78 is 1.89. The van der Waals surface area contributed by atoms with E-state index in [0.717, 1.165) is 16.5 Å². The van der Waals surface area contributed by atoms with Crippen LogP contribution in [0.25, 0.3) is 22.2 Å². The fraction of sp³-hybridized carbons (Fsp3) is 0.176. The minimum absolute atomic E-state index is 0.00471. The normalized spacial score (nSPS) is 10.8. The summed E-state index contributed by atoms with van der Waals surface area (Å²) in [6, 6.07) is 9.03. The van der Waals surface area contributed by atoms with Crippen LogP contribution in [-0.4, -0.2) is 14.7 Å².